The van der Waals surface area contributed by atoms with Crippen molar-refractivity contribution < 1.29 is 19.4 Å². The summed E-state index contributed by atoms with van der Waals surface area (Å²) in [5.41, 5.74) is 6.51. The molecule has 22 heavy (non-hydrogen) atoms. The first-order valence-electron chi connectivity index (χ1n) is 7.55. The number of phenolic OH excluding ortho intramolecular Hbond substituents is 1. The Bertz CT molecular complexity index is 529. The molecule has 2 rings (SSSR count). The quantitative estimate of drug-likeness (QED) is 0.725. The fourth-order valence-electron chi connectivity index (χ4n) is 2.80. The van der Waals surface area contributed by atoms with Crippen molar-refractivity contribution >= 4 is 11.9 Å². The Labute approximate surface area is 129 Å². The zero-order valence-corrected chi connectivity index (χ0v) is 12.6. The van der Waals surface area contributed by atoms with Crippen molar-refractivity contribution in [1.29, 1.82) is 0 Å². The molecule has 1 aliphatic carbocycles. The summed E-state index contributed by atoms with van der Waals surface area (Å²) in [4.78, 5) is 24.3. The smallest absolute Gasteiger partial charge is 0.311 e. The lowest BCUT2D eigenvalue weighted by atomic mass is 9.81. The highest BCUT2D eigenvalue weighted by Crippen LogP contribution is 2.25. The first-order valence-corrected chi connectivity index (χ1v) is 7.55. The van der Waals surface area contributed by atoms with E-state index in [-0.39, 0.29) is 23.7 Å². The lowest BCUT2D eigenvalue weighted by molar-refractivity contribution is -0.150. The Hall–Kier alpha value is -2.08. The van der Waals surface area contributed by atoms with E-state index in [1.807, 2.05) is 0 Å². The monoisotopic (exact) mass is 306 g/mol. The number of esters is 1. The fourth-order valence-corrected chi connectivity index (χ4v) is 2.80. The molecule has 0 spiro atoms. The molecule has 1 amide bonds. The number of hydrogen-bond donors (Lipinski definition) is 3. The highest BCUT2D eigenvalue weighted by Gasteiger charge is 2.37. The van der Waals surface area contributed by atoms with Gasteiger partial charge in [0, 0.05) is 11.6 Å². The third kappa shape index (κ3) is 3.76. The van der Waals surface area contributed by atoms with Gasteiger partial charge in [0.1, 0.15) is 5.75 Å². The van der Waals surface area contributed by atoms with Gasteiger partial charge in [-0.05, 0) is 44.0 Å². The second-order valence-electron chi connectivity index (χ2n) is 5.50. The highest BCUT2D eigenvalue weighted by molar-refractivity contribution is 5.95. The molecule has 1 aromatic rings. The van der Waals surface area contributed by atoms with Crippen LogP contribution < -0.4 is 11.1 Å². The molecule has 0 aliphatic heterocycles. The average molecular weight is 306 g/mol. The van der Waals surface area contributed by atoms with Gasteiger partial charge in [-0.1, -0.05) is 6.42 Å². The molecule has 0 aromatic heterocycles. The van der Waals surface area contributed by atoms with Crippen LogP contribution in [0.1, 0.15) is 36.5 Å². The molecule has 0 bridgehead atoms. The van der Waals surface area contributed by atoms with Crippen LogP contribution in [0.3, 0.4) is 0 Å². The first kappa shape index (κ1) is 16.3. The predicted octanol–water partition coefficient (Wildman–Crippen LogP) is 1.18. The molecule has 120 valence electrons. The number of ether oxygens (including phenoxy) is 1. The molecular formula is C16H22N2O4. The van der Waals surface area contributed by atoms with E-state index < -0.39 is 12.0 Å². The van der Waals surface area contributed by atoms with Gasteiger partial charge in [-0.3, -0.25) is 9.59 Å². The summed E-state index contributed by atoms with van der Waals surface area (Å²) in [6.07, 6.45) is 2.26. The number of carbonyl (C=O) groups excluding carboxylic acids is 2. The third-order valence-corrected chi connectivity index (χ3v) is 3.96. The molecule has 3 atom stereocenters. The number of benzene rings is 1. The predicted molar refractivity (Wildman–Crippen MR) is 81.3 cm³/mol. The van der Waals surface area contributed by atoms with Crippen LogP contribution in [0.2, 0.25) is 0 Å². The van der Waals surface area contributed by atoms with Crippen LogP contribution in [0.5, 0.6) is 5.75 Å². The first-order chi connectivity index (χ1) is 10.5. The summed E-state index contributed by atoms with van der Waals surface area (Å²) in [5, 5.41) is 12.1. The molecule has 1 saturated carbocycles. The largest absolute Gasteiger partial charge is 0.508 e. The van der Waals surface area contributed by atoms with E-state index in [1.165, 1.54) is 24.3 Å². The Kier molecular flexibility index (Phi) is 5.38. The van der Waals surface area contributed by atoms with Gasteiger partial charge in [-0.25, -0.2) is 0 Å². The van der Waals surface area contributed by atoms with Crippen LogP contribution in [0.4, 0.5) is 0 Å². The zero-order chi connectivity index (χ0) is 16.1. The van der Waals surface area contributed by atoms with Gasteiger partial charge in [-0.2, -0.15) is 0 Å². The Morgan fingerprint density at radius 1 is 1.32 bits per heavy atom. The molecule has 0 saturated heterocycles. The second-order valence-corrected chi connectivity index (χ2v) is 5.50. The number of rotatable bonds is 4. The summed E-state index contributed by atoms with van der Waals surface area (Å²) in [6, 6.07) is 5.23. The van der Waals surface area contributed by atoms with Gasteiger partial charge in [0.25, 0.3) is 5.91 Å². The van der Waals surface area contributed by atoms with Crippen molar-refractivity contribution in [2.24, 2.45) is 11.7 Å². The van der Waals surface area contributed by atoms with Crippen LogP contribution in [0.25, 0.3) is 0 Å². The summed E-state index contributed by atoms with van der Waals surface area (Å²) >= 11 is 0. The van der Waals surface area contributed by atoms with Crippen LogP contribution in [-0.4, -0.2) is 35.7 Å². The van der Waals surface area contributed by atoms with Gasteiger partial charge < -0.3 is 20.9 Å². The molecular weight excluding hydrogens is 284 g/mol. The number of nitrogens with one attached hydrogen (secondary N) is 1. The standard InChI is InChI=1S/C16H22N2O4/c1-2-22-16(21)12-4-3-5-13(17)14(12)18-15(20)10-6-8-11(19)9-7-10/h6-9,12-14,19H,2-5,17H2,1H3,(H,18,20)/t12-,13?,14?/m0/s1. The molecule has 4 N–H and O–H groups in total. The topological polar surface area (TPSA) is 102 Å². The number of phenols is 1. The minimum Gasteiger partial charge on any atom is -0.508 e. The van der Waals surface area contributed by atoms with E-state index in [9.17, 15) is 14.7 Å². The van der Waals surface area contributed by atoms with Gasteiger partial charge in [0.05, 0.1) is 18.6 Å². The van der Waals surface area contributed by atoms with Gasteiger partial charge >= 0.3 is 5.97 Å². The Morgan fingerprint density at radius 3 is 2.64 bits per heavy atom. The average Bonchev–Trinajstić information content (AvgIpc) is 2.50. The van der Waals surface area contributed by atoms with Gasteiger partial charge in [0.15, 0.2) is 0 Å². The molecule has 1 aromatic carbocycles. The van der Waals surface area contributed by atoms with Gasteiger partial charge in [-0.15, -0.1) is 0 Å². The van der Waals surface area contributed by atoms with Gasteiger partial charge in [0.2, 0.25) is 0 Å². The minimum atomic E-state index is -0.436. The molecule has 6 heteroatoms. The summed E-state index contributed by atoms with van der Waals surface area (Å²) in [7, 11) is 0. The van der Waals surface area contributed by atoms with Crippen molar-refractivity contribution in [3.63, 3.8) is 0 Å². The normalized spacial score (nSPS) is 24.5. The van der Waals surface area contributed by atoms with E-state index in [4.69, 9.17) is 10.5 Å². The van der Waals surface area contributed by atoms with E-state index >= 15 is 0 Å². The van der Waals surface area contributed by atoms with E-state index in [2.05, 4.69) is 5.32 Å². The number of aromatic hydroxyl groups is 1. The van der Waals surface area contributed by atoms with E-state index in [0.717, 1.165) is 12.8 Å². The van der Waals surface area contributed by atoms with Crippen molar-refractivity contribution in [2.45, 2.75) is 38.3 Å². The van der Waals surface area contributed by atoms with E-state index in [0.29, 0.717) is 18.6 Å². The molecule has 2 unspecified atom stereocenters. The van der Waals surface area contributed by atoms with Crippen LogP contribution in [0, 0.1) is 5.92 Å². The number of hydrogen-bond acceptors (Lipinski definition) is 5. The SMILES string of the molecule is CCOC(=O)[C@H]1CCCC(N)C1NC(=O)c1ccc(O)cc1. The van der Waals surface area contributed by atoms with Crippen molar-refractivity contribution in [3.05, 3.63) is 29.8 Å². The van der Waals surface area contributed by atoms with Crippen LogP contribution in [0.15, 0.2) is 24.3 Å². The number of amides is 1. The van der Waals surface area contributed by atoms with Crippen molar-refractivity contribution in [1.82, 2.24) is 5.32 Å². The van der Waals surface area contributed by atoms with Crippen molar-refractivity contribution in [2.75, 3.05) is 6.61 Å². The molecule has 0 heterocycles. The van der Waals surface area contributed by atoms with Crippen LogP contribution in [-0.2, 0) is 9.53 Å². The maximum atomic E-state index is 12.3. The maximum Gasteiger partial charge on any atom is 0.311 e. The fraction of sp³-hybridized carbons (Fsp3) is 0.500. The maximum absolute atomic E-state index is 12.3. The van der Waals surface area contributed by atoms with Crippen molar-refractivity contribution in [3.8, 4) is 5.75 Å². The highest BCUT2D eigenvalue weighted by atomic mass is 16.5. The molecule has 6 nitrogen and oxygen atoms in total. The lowest BCUT2D eigenvalue weighted by Gasteiger charge is -2.35. The third-order valence-electron chi connectivity index (χ3n) is 3.96. The lowest BCUT2D eigenvalue weighted by Crippen LogP contribution is -2.56. The molecule has 1 aliphatic rings. The number of carbonyl (C=O) groups is 2. The minimum absolute atomic E-state index is 0.0929. The van der Waals surface area contributed by atoms with E-state index in [1.54, 1.807) is 6.92 Å². The Morgan fingerprint density at radius 2 is 2.00 bits per heavy atom. The number of nitrogens with two attached hydrogens (primary N) is 1. The summed E-state index contributed by atoms with van der Waals surface area (Å²) in [6.45, 7) is 2.06. The summed E-state index contributed by atoms with van der Waals surface area (Å²) in [5.74, 6) is -0.939. The summed E-state index contributed by atoms with van der Waals surface area (Å²) < 4.78 is 5.08. The molecule has 1 fully saturated rings. The van der Waals surface area contributed by atoms with Crippen LogP contribution >= 0.6 is 0 Å². The second kappa shape index (κ2) is 7.26. The Balaban J connectivity index is 2.10. The molecule has 0 radical (unpaired) electrons. The zero-order valence-electron chi connectivity index (χ0n) is 12.6.